The van der Waals surface area contributed by atoms with Gasteiger partial charge in [0.25, 0.3) is 0 Å². The highest BCUT2D eigenvalue weighted by Crippen LogP contribution is 2.38. The van der Waals surface area contributed by atoms with Crippen molar-refractivity contribution < 1.29 is 4.39 Å². The molecule has 1 nitrogen and oxygen atoms in total. The average molecular weight is 400 g/mol. The molecule has 27 heavy (non-hydrogen) atoms. The summed E-state index contributed by atoms with van der Waals surface area (Å²) in [5.41, 5.74) is 0.980. The minimum atomic E-state index is -0.203. The summed E-state index contributed by atoms with van der Waals surface area (Å²) in [5, 5.41) is 3.71. The third-order valence-corrected chi connectivity index (χ3v) is 7.38. The molecule has 0 aromatic heterocycles. The Kier molecular flexibility index (Phi) is 7.59. The van der Waals surface area contributed by atoms with E-state index in [1.807, 2.05) is 42.1 Å². The van der Waals surface area contributed by atoms with Gasteiger partial charge in [0.05, 0.1) is 10.7 Å². The van der Waals surface area contributed by atoms with Crippen molar-refractivity contribution >= 4 is 34.3 Å². The van der Waals surface area contributed by atoms with E-state index in [1.54, 1.807) is 23.9 Å². The van der Waals surface area contributed by atoms with Crippen LogP contribution in [0.5, 0.6) is 0 Å². The lowest BCUT2D eigenvalue weighted by molar-refractivity contribution is 0.287. The largest absolute Gasteiger partial charge is 0.242 e. The zero-order valence-electron chi connectivity index (χ0n) is 15.8. The van der Waals surface area contributed by atoms with Gasteiger partial charge in [0.1, 0.15) is 5.82 Å². The number of hydrogen-bond acceptors (Lipinski definition) is 3. The molecule has 0 bridgehead atoms. The van der Waals surface area contributed by atoms with E-state index in [1.165, 1.54) is 31.4 Å². The van der Waals surface area contributed by atoms with Gasteiger partial charge in [-0.15, -0.1) is 11.8 Å². The molecule has 0 aliphatic heterocycles. The Hall–Kier alpha value is -1.52. The number of thioether (sulfide) groups is 2. The van der Waals surface area contributed by atoms with Crippen molar-refractivity contribution in [3.8, 4) is 0 Å². The van der Waals surface area contributed by atoms with E-state index in [0.29, 0.717) is 11.2 Å². The van der Waals surface area contributed by atoms with Crippen LogP contribution in [-0.2, 0) is 0 Å². The number of hydrogen-bond donors (Lipinski definition) is 0. The highest BCUT2D eigenvalue weighted by molar-refractivity contribution is 8.15. The van der Waals surface area contributed by atoms with Crippen LogP contribution in [0.4, 0.5) is 10.1 Å². The number of aliphatic imine (C=N–C) groups is 1. The van der Waals surface area contributed by atoms with Gasteiger partial charge < -0.3 is 0 Å². The molecule has 1 aliphatic carbocycles. The average Bonchev–Trinajstić information content (AvgIpc) is 2.68. The molecule has 1 aliphatic rings. The van der Waals surface area contributed by atoms with E-state index in [4.69, 9.17) is 4.99 Å². The van der Waals surface area contributed by atoms with E-state index in [0.717, 1.165) is 21.5 Å². The summed E-state index contributed by atoms with van der Waals surface area (Å²) < 4.78 is 13.1. The molecule has 0 N–H and O–H groups in total. The zero-order chi connectivity index (χ0) is 19.1. The molecule has 1 fully saturated rings. The summed E-state index contributed by atoms with van der Waals surface area (Å²) >= 11 is 3.49. The van der Waals surface area contributed by atoms with Gasteiger partial charge in [-0.1, -0.05) is 56.7 Å². The highest BCUT2D eigenvalue weighted by atomic mass is 32.2. The summed E-state index contributed by atoms with van der Waals surface area (Å²) in [6.07, 6.45) is 5.98. The minimum Gasteiger partial charge on any atom is -0.242 e. The van der Waals surface area contributed by atoms with Crippen LogP contribution in [0.3, 0.4) is 0 Å². The van der Waals surface area contributed by atoms with Gasteiger partial charge in [-0.05, 0) is 66.1 Å². The minimum absolute atomic E-state index is 0.203. The van der Waals surface area contributed by atoms with Crippen LogP contribution in [-0.4, -0.2) is 10.3 Å². The van der Waals surface area contributed by atoms with Gasteiger partial charge in [0, 0.05) is 10.1 Å². The van der Waals surface area contributed by atoms with Crippen molar-refractivity contribution in [1.82, 2.24) is 0 Å². The molecular weight excluding hydrogens is 373 g/mol. The van der Waals surface area contributed by atoms with Gasteiger partial charge in [-0.2, -0.15) is 0 Å². The van der Waals surface area contributed by atoms with Gasteiger partial charge in [-0.25, -0.2) is 9.38 Å². The number of para-hydroxylation sites is 1. The predicted molar refractivity (Wildman–Crippen MR) is 118 cm³/mol. The Bertz CT molecular complexity index is 771. The molecule has 0 amide bonds. The Morgan fingerprint density at radius 3 is 2.52 bits per heavy atom. The van der Waals surface area contributed by atoms with Crippen LogP contribution in [0.15, 0.2) is 76.0 Å². The Morgan fingerprint density at radius 1 is 1.04 bits per heavy atom. The smallest absolute Gasteiger partial charge is 0.123 e. The fourth-order valence-corrected chi connectivity index (χ4v) is 5.39. The van der Waals surface area contributed by atoms with Crippen molar-refractivity contribution in [2.45, 2.75) is 43.3 Å². The zero-order valence-corrected chi connectivity index (χ0v) is 17.5. The second-order valence-electron chi connectivity index (χ2n) is 7.08. The Morgan fingerprint density at radius 2 is 1.78 bits per heavy atom. The monoisotopic (exact) mass is 399 g/mol. The molecule has 0 saturated heterocycles. The van der Waals surface area contributed by atoms with E-state index in [-0.39, 0.29) is 5.82 Å². The summed E-state index contributed by atoms with van der Waals surface area (Å²) in [5.74, 6) is 1.26. The fourth-order valence-electron chi connectivity index (χ4n) is 3.27. The maximum Gasteiger partial charge on any atom is 0.123 e. The summed E-state index contributed by atoms with van der Waals surface area (Å²) in [7, 11) is 0. The topological polar surface area (TPSA) is 12.4 Å². The predicted octanol–water partition coefficient (Wildman–Crippen LogP) is 7.72. The standard InChI is InChI=1S/C23H26FNS2/c1-17-7-6-10-22(18(17)2)27-23(25-20-8-4-3-5-9-20)15-16-26-21-13-11-19(24)12-14-21/h3-5,8-9,11-18,22H,6-7,10H2,1-2H3/b16-15+,25-23?. The van der Waals surface area contributed by atoms with Crippen molar-refractivity contribution in [1.29, 1.82) is 0 Å². The molecule has 0 radical (unpaired) electrons. The lowest BCUT2D eigenvalue weighted by atomic mass is 9.81. The molecule has 3 unspecified atom stereocenters. The van der Waals surface area contributed by atoms with Gasteiger partial charge in [0.15, 0.2) is 0 Å². The molecule has 3 atom stereocenters. The molecule has 2 aromatic carbocycles. The lowest BCUT2D eigenvalue weighted by Crippen LogP contribution is -2.27. The maximum atomic E-state index is 13.1. The van der Waals surface area contributed by atoms with Crippen molar-refractivity contribution in [3.05, 3.63) is 71.9 Å². The highest BCUT2D eigenvalue weighted by Gasteiger charge is 2.28. The normalized spacial score (nSPS) is 23.7. The third kappa shape index (κ3) is 6.25. The van der Waals surface area contributed by atoms with Gasteiger partial charge in [0.2, 0.25) is 0 Å². The summed E-state index contributed by atoms with van der Waals surface area (Å²) in [4.78, 5) is 5.90. The lowest BCUT2D eigenvalue weighted by Gasteiger charge is -2.33. The molecule has 142 valence electrons. The summed E-state index contributed by atoms with van der Waals surface area (Å²) in [6.45, 7) is 4.74. The molecular formula is C23H26FNS2. The van der Waals surface area contributed by atoms with Crippen molar-refractivity contribution in [2.75, 3.05) is 0 Å². The number of nitrogens with zero attached hydrogens (tertiary/aromatic N) is 1. The Balaban J connectivity index is 1.74. The molecule has 1 saturated carbocycles. The number of halogens is 1. The molecule has 0 heterocycles. The van der Waals surface area contributed by atoms with E-state index in [2.05, 4.69) is 25.3 Å². The van der Waals surface area contributed by atoms with E-state index >= 15 is 0 Å². The SMILES string of the molecule is CC1CCCC(SC(/C=C/Sc2ccc(F)cc2)=Nc2ccccc2)C1C. The summed E-state index contributed by atoms with van der Waals surface area (Å²) in [6, 6.07) is 16.7. The first-order valence-corrected chi connectivity index (χ1v) is 11.3. The van der Waals surface area contributed by atoms with Crippen LogP contribution in [0.1, 0.15) is 33.1 Å². The van der Waals surface area contributed by atoms with Crippen LogP contribution in [0, 0.1) is 17.7 Å². The van der Waals surface area contributed by atoms with Crippen LogP contribution >= 0.6 is 23.5 Å². The first kappa shape index (κ1) is 20.2. The van der Waals surface area contributed by atoms with Gasteiger partial charge >= 0.3 is 0 Å². The first-order valence-electron chi connectivity index (χ1n) is 9.51. The van der Waals surface area contributed by atoms with Crippen molar-refractivity contribution in [2.24, 2.45) is 16.8 Å². The van der Waals surface area contributed by atoms with E-state index in [9.17, 15) is 4.39 Å². The van der Waals surface area contributed by atoms with Crippen molar-refractivity contribution in [3.63, 3.8) is 0 Å². The molecule has 3 rings (SSSR count). The fraction of sp³-hybridized carbons (Fsp3) is 0.348. The van der Waals surface area contributed by atoms with Gasteiger partial charge in [-0.3, -0.25) is 0 Å². The second-order valence-corrected chi connectivity index (χ2v) is 9.32. The maximum absolute atomic E-state index is 13.1. The molecule has 0 spiro atoms. The quantitative estimate of drug-likeness (QED) is 0.290. The van der Waals surface area contributed by atoms with Crippen LogP contribution in [0.2, 0.25) is 0 Å². The molecule has 4 heteroatoms. The third-order valence-electron chi connectivity index (χ3n) is 5.13. The first-order chi connectivity index (χ1) is 13.1. The van der Waals surface area contributed by atoms with E-state index < -0.39 is 0 Å². The molecule has 2 aromatic rings. The van der Waals surface area contributed by atoms with Crippen LogP contribution in [0.25, 0.3) is 0 Å². The Labute approximate surface area is 170 Å². The van der Waals surface area contributed by atoms with Crippen LogP contribution < -0.4 is 0 Å². The number of rotatable bonds is 5. The number of benzene rings is 2. The second kappa shape index (κ2) is 10.1.